The first-order chi connectivity index (χ1) is 17.0. The van der Waals surface area contributed by atoms with E-state index in [-0.39, 0.29) is 18.5 Å². The third-order valence-electron chi connectivity index (χ3n) is 7.44. The van der Waals surface area contributed by atoms with E-state index < -0.39 is 5.54 Å². The van der Waals surface area contributed by atoms with Crippen LogP contribution >= 0.6 is 0 Å². The molecule has 0 unspecified atom stereocenters. The van der Waals surface area contributed by atoms with Crippen molar-refractivity contribution in [2.45, 2.75) is 44.2 Å². The van der Waals surface area contributed by atoms with Gasteiger partial charge in [0.05, 0.1) is 13.7 Å². The van der Waals surface area contributed by atoms with Crippen LogP contribution in [-0.4, -0.2) is 79.2 Å². The molecule has 2 fully saturated rings. The van der Waals surface area contributed by atoms with Crippen LogP contribution < -0.4 is 4.74 Å². The van der Waals surface area contributed by atoms with Crippen molar-refractivity contribution in [2.24, 2.45) is 0 Å². The van der Waals surface area contributed by atoms with Gasteiger partial charge in [-0.15, -0.1) is 0 Å². The number of amides is 3. The van der Waals surface area contributed by atoms with Gasteiger partial charge in [-0.05, 0) is 48.4 Å². The lowest BCUT2D eigenvalue weighted by molar-refractivity contribution is -0.136. The first-order valence-corrected chi connectivity index (χ1v) is 12.5. The average molecular weight is 480 g/mol. The summed E-state index contributed by atoms with van der Waals surface area (Å²) in [6, 6.07) is 17.9. The van der Waals surface area contributed by atoms with Crippen molar-refractivity contribution >= 4 is 11.9 Å². The number of piperidine rings is 1. The van der Waals surface area contributed by atoms with Crippen LogP contribution in [-0.2, 0) is 16.1 Å². The molecule has 2 aliphatic heterocycles. The highest BCUT2D eigenvalue weighted by molar-refractivity contribution is 6.07. The van der Waals surface area contributed by atoms with Crippen molar-refractivity contribution in [2.75, 3.05) is 47.0 Å². The molecule has 2 aliphatic rings. The molecule has 4 rings (SSSR count). The van der Waals surface area contributed by atoms with Gasteiger partial charge in [0.1, 0.15) is 11.3 Å². The molecule has 2 aromatic carbocycles. The van der Waals surface area contributed by atoms with E-state index in [4.69, 9.17) is 9.47 Å². The maximum Gasteiger partial charge on any atom is 0.327 e. The molecule has 2 saturated heterocycles. The molecule has 7 heteroatoms. The number of rotatable bonds is 10. The number of nitrogens with zero attached hydrogens (tertiary/aromatic N) is 3. The van der Waals surface area contributed by atoms with Crippen LogP contribution in [0.15, 0.2) is 54.6 Å². The fourth-order valence-corrected chi connectivity index (χ4v) is 5.38. The van der Waals surface area contributed by atoms with Crippen molar-refractivity contribution in [3.63, 3.8) is 0 Å². The normalized spacial score (nSPS) is 18.9. The summed E-state index contributed by atoms with van der Waals surface area (Å²) in [4.78, 5) is 33.0. The first-order valence-electron chi connectivity index (χ1n) is 12.5. The van der Waals surface area contributed by atoms with Gasteiger partial charge in [-0.3, -0.25) is 9.69 Å². The van der Waals surface area contributed by atoms with Gasteiger partial charge in [-0.2, -0.15) is 0 Å². The number of likely N-dealkylation sites (tertiary alicyclic amines) is 1. The average Bonchev–Trinajstić information content (AvgIpc) is 3.07. The Morgan fingerprint density at radius 2 is 1.66 bits per heavy atom. The summed E-state index contributed by atoms with van der Waals surface area (Å²) in [6.07, 6.45) is 2.03. The number of hydrogen-bond donors (Lipinski definition) is 0. The fourth-order valence-electron chi connectivity index (χ4n) is 5.38. The number of imide groups is 1. The van der Waals surface area contributed by atoms with Gasteiger partial charge >= 0.3 is 6.03 Å². The van der Waals surface area contributed by atoms with Gasteiger partial charge in [0.2, 0.25) is 0 Å². The summed E-state index contributed by atoms with van der Waals surface area (Å²) in [5, 5.41) is 0. The Kier molecular flexibility index (Phi) is 8.08. The van der Waals surface area contributed by atoms with E-state index >= 15 is 0 Å². The maximum absolute atomic E-state index is 13.8. The largest absolute Gasteiger partial charge is 0.497 e. The van der Waals surface area contributed by atoms with Crippen molar-refractivity contribution in [1.82, 2.24) is 14.7 Å². The minimum absolute atomic E-state index is 0.0634. The van der Waals surface area contributed by atoms with E-state index in [1.54, 1.807) is 14.2 Å². The zero-order valence-electron chi connectivity index (χ0n) is 21.1. The third kappa shape index (κ3) is 5.36. The Morgan fingerprint density at radius 3 is 2.29 bits per heavy atom. The van der Waals surface area contributed by atoms with Crippen LogP contribution in [0.1, 0.15) is 43.2 Å². The number of methoxy groups -OCH3 is 2. The zero-order chi connectivity index (χ0) is 24.8. The SMILES string of the molecule is COCCCN1C(=O)N(Cc2ccc(OC)cc2)C(=O)C12CCN(C[C@H](C)c1ccccc1)CC2. The van der Waals surface area contributed by atoms with Gasteiger partial charge in [0, 0.05) is 39.9 Å². The summed E-state index contributed by atoms with van der Waals surface area (Å²) in [5.74, 6) is 1.10. The van der Waals surface area contributed by atoms with Gasteiger partial charge in [-0.1, -0.05) is 49.4 Å². The Hall–Kier alpha value is -2.90. The second kappa shape index (κ2) is 11.2. The minimum atomic E-state index is -0.760. The molecule has 35 heavy (non-hydrogen) atoms. The van der Waals surface area contributed by atoms with Crippen LogP contribution in [0.5, 0.6) is 5.75 Å². The number of urea groups is 1. The van der Waals surface area contributed by atoms with E-state index in [1.807, 2.05) is 35.2 Å². The van der Waals surface area contributed by atoms with Crippen molar-refractivity contribution in [3.05, 3.63) is 65.7 Å². The lowest BCUT2D eigenvalue weighted by Gasteiger charge is -2.42. The number of benzene rings is 2. The molecule has 188 valence electrons. The molecule has 2 aromatic rings. The Balaban J connectivity index is 1.47. The second-order valence-electron chi connectivity index (χ2n) is 9.66. The molecular weight excluding hydrogens is 442 g/mol. The number of hydrogen-bond acceptors (Lipinski definition) is 5. The third-order valence-corrected chi connectivity index (χ3v) is 7.44. The van der Waals surface area contributed by atoms with Crippen LogP contribution in [0, 0.1) is 0 Å². The molecule has 0 aromatic heterocycles. The van der Waals surface area contributed by atoms with Crippen LogP contribution in [0.2, 0.25) is 0 Å². The summed E-state index contributed by atoms with van der Waals surface area (Å²) in [5.41, 5.74) is 1.48. The van der Waals surface area contributed by atoms with Crippen LogP contribution in [0.4, 0.5) is 4.79 Å². The Morgan fingerprint density at radius 1 is 0.971 bits per heavy atom. The molecule has 0 N–H and O–H groups in total. The number of carbonyl (C=O) groups is 2. The standard InChI is InChI=1S/C28H37N3O4/c1-22(24-8-5-4-6-9-24)20-29-17-14-28(15-18-29)26(32)30(27(33)31(28)16-7-19-34-2)21-23-10-12-25(35-3)13-11-23/h4-6,8-13,22H,7,14-21H2,1-3H3/t22-/m0/s1. The maximum atomic E-state index is 13.8. The van der Waals surface area contributed by atoms with Crippen molar-refractivity contribution in [3.8, 4) is 5.75 Å². The van der Waals surface area contributed by atoms with E-state index in [2.05, 4.69) is 36.1 Å². The summed E-state index contributed by atoms with van der Waals surface area (Å²) >= 11 is 0. The number of carbonyl (C=O) groups excluding carboxylic acids is 2. The smallest absolute Gasteiger partial charge is 0.327 e. The predicted molar refractivity (Wildman–Crippen MR) is 135 cm³/mol. The Labute approximate surface area is 208 Å². The van der Waals surface area contributed by atoms with Crippen molar-refractivity contribution in [1.29, 1.82) is 0 Å². The molecule has 1 atom stereocenters. The van der Waals surface area contributed by atoms with Crippen LogP contribution in [0.3, 0.4) is 0 Å². The zero-order valence-corrected chi connectivity index (χ0v) is 21.1. The summed E-state index contributed by atoms with van der Waals surface area (Å²) < 4.78 is 10.5. The lowest BCUT2D eigenvalue weighted by atomic mass is 9.85. The molecule has 1 spiro atoms. The molecule has 2 heterocycles. The van der Waals surface area contributed by atoms with E-state index in [0.29, 0.717) is 38.3 Å². The van der Waals surface area contributed by atoms with Gasteiger partial charge < -0.3 is 19.3 Å². The second-order valence-corrected chi connectivity index (χ2v) is 9.66. The molecule has 0 aliphatic carbocycles. The van der Waals surface area contributed by atoms with E-state index in [9.17, 15) is 9.59 Å². The highest BCUT2D eigenvalue weighted by Gasteiger charge is 2.57. The van der Waals surface area contributed by atoms with E-state index in [0.717, 1.165) is 30.9 Å². The first kappa shape index (κ1) is 25.2. The quantitative estimate of drug-likeness (QED) is 0.379. The topological polar surface area (TPSA) is 62.3 Å². The summed E-state index contributed by atoms with van der Waals surface area (Å²) in [6.45, 7) is 6.16. The predicted octanol–water partition coefficient (Wildman–Crippen LogP) is 4.13. The van der Waals surface area contributed by atoms with Gasteiger partial charge in [-0.25, -0.2) is 4.79 Å². The van der Waals surface area contributed by atoms with Crippen LogP contribution in [0.25, 0.3) is 0 Å². The monoisotopic (exact) mass is 479 g/mol. The highest BCUT2D eigenvalue weighted by atomic mass is 16.5. The highest BCUT2D eigenvalue weighted by Crippen LogP contribution is 2.38. The Bertz CT molecular complexity index is 987. The molecule has 0 radical (unpaired) electrons. The van der Waals surface area contributed by atoms with Gasteiger partial charge in [0.15, 0.2) is 0 Å². The molecule has 0 saturated carbocycles. The fraction of sp³-hybridized carbons (Fsp3) is 0.500. The summed E-state index contributed by atoms with van der Waals surface area (Å²) in [7, 11) is 3.28. The van der Waals surface area contributed by atoms with Crippen molar-refractivity contribution < 1.29 is 19.1 Å². The van der Waals surface area contributed by atoms with Gasteiger partial charge in [0.25, 0.3) is 5.91 Å². The lowest BCUT2D eigenvalue weighted by Crippen LogP contribution is -2.57. The molecule has 3 amide bonds. The molecular formula is C28H37N3O4. The minimum Gasteiger partial charge on any atom is -0.497 e. The molecule has 0 bridgehead atoms. The molecule has 7 nitrogen and oxygen atoms in total. The van der Waals surface area contributed by atoms with E-state index in [1.165, 1.54) is 10.5 Å². The number of ether oxygens (including phenoxy) is 2.